The third-order valence-electron chi connectivity index (χ3n) is 3.26. The summed E-state index contributed by atoms with van der Waals surface area (Å²) in [5, 5.41) is 3.97. The molecule has 2 aromatic carbocycles. The van der Waals surface area contributed by atoms with E-state index < -0.39 is 5.82 Å². The van der Waals surface area contributed by atoms with Crippen molar-refractivity contribution in [2.24, 2.45) is 0 Å². The second-order valence-corrected chi connectivity index (χ2v) is 4.57. The van der Waals surface area contributed by atoms with Gasteiger partial charge in [0.2, 0.25) is 0 Å². The highest BCUT2D eigenvalue weighted by Gasteiger charge is 2.07. The molecule has 0 saturated heterocycles. The van der Waals surface area contributed by atoms with Gasteiger partial charge in [0.15, 0.2) is 11.6 Å². The third-order valence-corrected chi connectivity index (χ3v) is 3.26. The van der Waals surface area contributed by atoms with E-state index in [2.05, 4.69) is 10.3 Å². The minimum absolute atomic E-state index is 0.205. The van der Waals surface area contributed by atoms with Crippen molar-refractivity contribution in [1.82, 2.24) is 4.98 Å². The molecule has 21 heavy (non-hydrogen) atoms. The van der Waals surface area contributed by atoms with Crippen LogP contribution in [0.25, 0.3) is 10.9 Å². The van der Waals surface area contributed by atoms with Crippen LogP contribution in [0.4, 0.5) is 21.5 Å². The first-order valence-corrected chi connectivity index (χ1v) is 6.43. The Morgan fingerprint density at radius 2 is 2.05 bits per heavy atom. The number of methoxy groups -OCH3 is 1. The third kappa shape index (κ3) is 2.45. The summed E-state index contributed by atoms with van der Waals surface area (Å²) in [6.07, 6.45) is 1.72. The number of nitrogens with two attached hydrogens (primary N) is 1. The summed E-state index contributed by atoms with van der Waals surface area (Å²) in [6.45, 7) is 0. The van der Waals surface area contributed by atoms with Gasteiger partial charge in [-0.05, 0) is 36.4 Å². The quantitative estimate of drug-likeness (QED) is 0.719. The van der Waals surface area contributed by atoms with Crippen LogP contribution in [-0.4, -0.2) is 12.1 Å². The van der Waals surface area contributed by atoms with Gasteiger partial charge >= 0.3 is 0 Å². The molecular formula is C16H14FN3O. The Kier molecular flexibility index (Phi) is 3.31. The zero-order valence-corrected chi connectivity index (χ0v) is 11.4. The van der Waals surface area contributed by atoms with Gasteiger partial charge in [0, 0.05) is 23.3 Å². The van der Waals surface area contributed by atoms with Crippen LogP contribution >= 0.6 is 0 Å². The van der Waals surface area contributed by atoms with E-state index in [1.807, 2.05) is 24.3 Å². The normalized spacial score (nSPS) is 10.6. The summed E-state index contributed by atoms with van der Waals surface area (Å²) in [7, 11) is 1.43. The molecule has 0 aliphatic heterocycles. The maximum absolute atomic E-state index is 13.7. The van der Waals surface area contributed by atoms with E-state index in [-0.39, 0.29) is 5.75 Å². The lowest BCUT2D eigenvalue weighted by Crippen LogP contribution is -1.98. The molecule has 0 atom stereocenters. The van der Waals surface area contributed by atoms with Gasteiger partial charge in [0.25, 0.3) is 0 Å². The fourth-order valence-corrected chi connectivity index (χ4v) is 2.18. The van der Waals surface area contributed by atoms with Crippen molar-refractivity contribution in [3.63, 3.8) is 0 Å². The Hall–Kier alpha value is -2.82. The monoisotopic (exact) mass is 283 g/mol. The smallest absolute Gasteiger partial charge is 0.167 e. The molecule has 5 heteroatoms. The van der Waals surface area contributed by atoms with Crippen molar-refractivity contribution in [2.45, 2.75) is 0 Å². The van der Waals surface area contributed by atoms with Crippen LogP contribution in [0.5, 0.6) is 5.75 Å². The number of rotatable bonds is 3. The predicted octanol–water partition coefficient (Wildman–Crippen LogP) is 3.71. The number of ether oxygens (including phenoxy) is 1. The zero-order valence-electron chi connectivity index (χ0n) is 11.4. The molecule has 0 bridgehead atoms. The van der Waals surface area contributed by atoms with Crippen LogP contribution in [0.1, 0.15) is 0 Å². The summed E-state index contributed by atoms with van der Waals surface area (Å²) in [5.74, 6) is -0.222. The molecular weight excluding hydrogens is 269 g/mol. The van der Waals surface area contributed by atoms with Crippen molar-refractivity contribution in [1.29, 1.82) is 0 Å². The lowest BCUT2D eigenvalue weighted by atomic mass is 10.1. The lowest BCUT2D eigenvalue weighted by molar-refractivity contribution is 0.386. The molecule has 106 valence electrons. The highest BCUT2D eigenvalue weighted by Crippen LogP contribution is 2.31. The van der Waals surface area contributed by atoms with Gasteiger partial charge in [0.1, 0.15) is 0 Å². The molecule has 0 spiro atoms. The Balaban J connectivity index is 1.98. The number of anilines is 3. The number of nitrogens with zero attached hydrogens (tertiary/aromatic N) is 1. The summed E-state index contributed by atoms with van der Waals surface area (Å²) in [6, 6.07) is 12.1. The minimum Gasteiger partial charge on any atom is -0.494 e. The van der Waals surface area contributed by atoms with Crippen molar-refractivity contribution < 1.29 is 9.13 Å². The zero-order chi connectivity index (χ0) is 14.8. The predicted molar refractivity (Wildman–Crippen MR) is 82.4 cm³/mol. The van der Waals surface area contributed by atoms with E-state index in [4.69, 9.17) is 10.5 Å². The fourth-order valence-electron chi connectivity index (χ4n) is 2.18. The first-order chi connectivity index (χ1) is 10.2. The van der Waals surface area contributed by atoms with Crippen molar-refractivity contribution >= 4 is 28.0 Å². The second kappa shape index (κ2) is 5.28. The molecule has 0 aliphatic carbocycles. The number of nitrogens with one attached hydrogen (secondary N) is 1. The molecule has 0 unspecified atom stereocenters. The number of hydrogen-bond acceptors (Lipinski definition) is 4. The Bertz CT molecular complexity index is 805. The number of hydrogen-bond donors (Lipinski definition) is 2. The second-order valence-electron chi connectivity index (χ2n) is 4.57. The standard InChI is InChI=1S/C16H14FN3O/c1-21-15-7-4-10(9-12(15)17)20-14-6-5-13-11(16(14)18)3-2-8-19-13/h2-9,20H,18H2,1H3. The van der Waals surface area contributed by atoms with E-state index in [0.29, 0.717) is 17.1 Å². The Labute approximate surface area is 121 Å². The largest absolute Gasteiger partial charge is 0.494 e. The molecule has 0 fully saturated rings. The molecule has 1 aromatic heterocycles. The van der Waals surface area contributed by atoms with E-state index in [1.54, 1.807) is 18.3 Å². The highest BCUT2D eigenvalue weighted by atomic mass is 19.1. The van der Waals surface area contributed by atoms with E-state index in [0.717, 1.165) is 10.9 Å². The fraction of sp³-hybridized carbons (Fsp3) is 0.0625. The SMILES string of the molecule is COc1ccc(Nc2ccc3ncccc3c2N)cc1F. The Morgan fingerprint density at radius 3 is 2.81 bits per heavy atom. The molecule has 3 rings (SSSR count). The molecule has 0 radical (unpaired) electrons. The summed E-state index contributed by atoms with van der Waals surface area (Å²) < 4.78 is 18.6. The van der Waals surface area contributed by atoms with Gasteiger partial charge in [0.05, 0.1) is 24.0 Å². The van der Waals surface area contributed by atoms with E-state index in [1.165, 1.54) is 13.2 Å². The molecule has 4 nitrogen and oxygen atoms in total. The van der Waals surface area contributed by atoms with E-state index >= 15 is 0 Å². The molecule has 3 aromatic rings. The topological polar surface area (TPSA) is 60.2 Å². The number of nitrogen functional groups attached to an aromatic ring is 1. The van der Waals surface area contributed by atoms with Gasteiger partial charge in [-0.3, -0.25) is 4.98 Å². The van der Waals surface area contributed by atoms with E-state index in [9.17, 15) is 4.39 Å². The van der Waals surface area contributed by atoms with Crippen LogP contribution in [0.3, 0.4) is 0 Å². The molecule has 3 N–H and O–H groups in total. The van der Waals surface area contributed by atoms with Gasteiger partial charge in [-0.25, -0.2) is 4.39 Å². The van der Waals surface area contributed by atoms with Crippen LogP contribution in [0, 0.1) is 5.82 Å². The van der Waals surface area contributed by atoms with Gasteiger partial charge in [-0.15, -0.1) is 0 Å². The minimum atomic E-state index is -0.427. The van der Waals surface area contributed by atoms with Gasteiger partial charge in [-0.2, -0.15) is 0 Å². The summed E-state index contributed by atoms with van der Waals surface area (Å²) >= 11 is 0. The van der Waals surface area contributed by atoms with Crippen LogP contribution in [-0.2, 0) is 0 Å². The van der Waals surface area contributed by atoms with Crippen LogP contribution < -0.4 is 15.8 Å². The highest BCUT2D eigenvalue weighted by molar-refractivity contribution is 5.97. The van der Waals surface area contributed by atoms with Crippen LogP contribution in [0.2, 0.25) is 0 Å². The molecule has 1 heterocycles. The first-order valence-electron chi connectivity index (χ1n) is 6.43. The number of halogens is 1. The average molecular weight is 283 g/mol. The number of benzene rings is 2. The molecule has 0 aliphatic rings. The maximum atomic E-state index is 13.7. The molecule has 0 saturated carbocycles. The number of fused-ring (bicyclic) bond motifs is 1. The maximum Gasteiger partial charge on any atom is 0.167 e. The first kappa shape index (κ1) is 13.2. The van der Waals surface area contributed by atoms with Crippen molar-refractivity contribution in [3.05, 3.63) is 54.5 Å². The average Bonchev–Trinajstić information content (AvgIpc) is 2.51. The van der Waals surface area contributed by atoms with Crippen LogP contribution in [0.15, 0.2) is 48.7 Å². The number of aromatic nitrogens is 1. The molecule has 0 amide bonds. The lowest BCUT2D eigenvalue weighted by Gasteiger charge is -2.12. The summed E-state index contributed by atoms with van der Waals surface area (Å²) in [4.78, 5) is 4.24. The van der Waals surface area contributed by atoms with Gasteiger partial charge < -0.3 is 15.8 Å². The van der Waals surface area contributed by atoms with Gasteiger partial charge in [-0.1, -0.05) is 0 Å². The number of pyridine rings is 1. The van der Waals surface area contributed by atoms with Crippen molar-refractivity contribution in [3.8, 4) is 5.75 Å². The Morgan fingerprint density at radius 1 is 1.19 bits per heavy atom. The van der Waals surface area contributed by atoms with Crippen molar-refractivity contribution in [2.75, 3.05) is 18.2 Å². The summed E-state index contributed by atoms with van der Waals surface area (Å²) in [5.41, 5.74) is 8.85.